The number of hydrazone groups is 1. The van der Waals surface area contributed by atoms with Gasteiger partial charge in [0, 0.05) is 0 Å². The summed E-state index contributed by atoms with van der Waals surface area (Å²) < 4.78 is 0. The monoisotopic (exact) mass is 224 g/mol. The van der Waals surface area contributed by atoms with Crippen LogP contribution in [0.5, 0.6) is 0 Å². The summed E-state index contributed by atoms with van der Waals surface area (Å²) in [5, 5.41) is 3.55. The maximum Gasteiger partial charge on any atom is 0.0538 e. The van der Waals surface area contributed by atoms with Crippen LogP contribution in [0.2, 0.25) is 0 Å². The van der Waals surface area contributed by atoms with Gasteiger partial charge in [-0.3, -0.25) is 0 Å². The molecule has 0 aromatic heterocycles. The fourth-order valence-corrected chi connectivity index (χ4v) is 1.81. The van der Waals surface area contributed by atoms with E-state index in [4.69, 9.17) is 5.84 Å². The summed E-state index contributed by atoms with van der Waals surface area (Å²) in [4.78, 5) is 0. The third-order valence-corrected chi connectivity index (χ3v) is 2.95. The van der Waals surface area contributed by atoms with E-state index < -0.39 is 0 Å². The molecule has 0 atom stereocenters. The van der Waals surface area contributed by atoms with Crippen LogP contribution in [0.3, 0.4) is 0 Å². The van der Waals surface area contributed by atoms with Crippen molar-refractivity contribution in [3.8, 4) is 11.1 Å². The van der Waals surface area contributed by atoms with Crippen molar-refractivity contribution in [1.29, 1.82) is 0 Å². The van der Waals surface area contributed by atoms with Crippen molar-refractivity contribution in [3.63, 3.8) is 0 Å². The summed E-state index contributed by atoms with van der Waals surface area (Å²) in [6.45, 7) is 4.25. The van der Waals surface area contributed by atoms with Crippen LogP contribution in [0.15, 0.2) is 47.6 Å². The van der Waals surface area contributed by atoms with Gasteiger partial charge in [0.1, 0.15) is 0 Å². The maximum atomic E-state index is 5.16. The fourth-order valence-electron chi connectivity index (χ4n) is 1.81. The minimum absolute atomic E-state index is 1.02. The first-order valence-electron chi connectivity index (χ1n) is 5.61. The van der Waals surface area contributed by atoms with Gasteiger partial charge in [0.25, 0.3) is 0 Å². The Hall–Kier alpha value is -2.09. The molecule has 0 unspecified atom stereocenters. The Balaban J connectivity index is 2.45. The number of rotatable bonds is 2. The average Bonchev–Trinajstić information content (AvgIpc) is 2.33. The molecule has 0 bridgehead atoms. The van der Waals surface area contributed by atoms with Gasteiger partial charge in [-0.25, -0.2) is 0 Å². The largest absolute Gasteiger partial charge is 0.323 e. The average molecular weight is 224 g/mol. The van der Waals surface area contributed by atoms with Gasteiger partial charge in [-0.1, -0.05) is 36.4 Å². The number of aryl methyl sites for hydroxylation is 2. The second kappa shape index (κ2) is 4.83. The molecular weight excluding hydrogens is 208 g/mol. The highest BCUT2D eigenvalue weighted by atomic mass is 15.1. The van der Waals surface area contributed by atoms with E-state index in [1.807, 2.05) is 12.1 Å². The van der Waals surface area contributed by atoms with Crippen LogP contribution in [0.4, 0.5) is 0 Å². The second-order valence-corrected chi connectivity index (χ2v) is 4.20. The molecule has 0 heterocycles. The molecule has 2 N–H and O–H groups in total. The van der Waals surface area contributed by atoms with Crippen molar-refractivity contribution in [2.75, 3.05) is 0 Å². The SMILES string of the molecule is Cc1ccc(-c2cccc(C=NN)c2)cc1C. The van der Waals surface area contributed by atoms with E-state index in [0.29, 0.717) is 0 Å². The van der Waals surface area contributed by atoms with Crippen molar-refractivity contribution in [2.45, 2.75) is 13.8 Å². The standard InChI is InChI=1S/C15H16N2/c1-11-6-7-15(8-12(11)2)14-5-3-4-13(9-14)10-17-16/h3-10H,16H2,1-2H3. The van der Waals surface area contributed by atoms with Crippen molar-refractivity contribution in [2.24, 2.45) is 10.9 Å². The third kappa shape index (κ3) is 2.53. The minimum Gasteiger partial charge on any atom is -0.323 e. The molecule has 86 valence electrons. The summed E-state index contributed by atoms with van der Waals surface area (Å²) in [5.41, 5.74) is 6.04. The van der Waals surface area contributed by atoms with E-state index in [-0.39, 0.29) is 0 Å². The van der Waals surface area contributed by atoms with Gasteiger partial charge >= 0.3 is 0 Å². The van der Waals surface area contributed by atoms with Gasteiger partial charge in [0.15, 0.2) is 0 Å². The quantitative estimate of drug-likeness (QED) is 0.474. The molecule has 0 radical (unpaired) electrons. The lowest BCUT2D eigenvalue weighted by Crippen LogP contribution is -1.88. The molecule has 0 fully saturated rings. The van der Waals surface area contributed by atoms with E-state index in [9.17, 15) is 0 Å². The zero-order valence-corrected chi connectivity index (χ0v) is 10.1. The van der Waals surface area contributed by atoms with Gasteiger partial charge < -0.3 is 5.84 Å². The second-order valence-electron chi connectivity index (χ2n) is 4.20. The van der Waals surface area contributed by atoms with Gasteiger partial charge in [0.05, 0.1) is 6.21 Å². The number of hydrogen-bond acceptors (Lipinski definition) is 2. The van der Waals surface area contributed by atoms with Crippen molar-refractivity contribution in [1.82, 2.24) is 0 Å². The van der Waals surface area contributed by atoms with Crippen molar-refractivity contribution < 1.29 is 0 Å². The van der Waals surface area contributed by atoms with E-state index in [1.54, 1.807) is 6.21 Å². The van der Waals surface area contributed by atoms with Crippen LogP contribution in [0.1, 0.15) is 16.7 Å². The lowest BCUT2D eigenvalue weighted by molar-refractivity contribution is 1.26. The number of nitrogens with two attached hydrogens (primary N) is 1. The first-order chi connectivity index (χ1) is 8.20. The molecule has 2 rings (SSSR count). The van der Waals surface area contributed by atoms with Crippen LogP contribution in [-0.2, 0) is 0 Å². The third-order valence-electron chi connectivity index (χ3n) is 2.95. The predicted molar refractivity (Wildman–Crippen MR) is 73.1 cm³/mol. The molecule has 2 heteroatoms. The highest BCUT2D eigenvalue weighted by Gasteiger charge is 2.00. The molecule has 0 aliphatic rings. The molecular formula is C15H16N2. The Morgan fingerprint density at radius 2 is 1.71 bits per heavy atom. The van der Waals surface area contributed by atoms with Gasteiger partial charge in [-0.15, -0.1) is 0 Å². The minimum atomic E-state index is 1.02. The van der Waals surface area contributed by atoms with E-state index in [0.717, 1.165) is 5.56 Å². The number of benzene rings is 2. The zero-order chi connectivity index (χ0) is 12.3. The first-order valence-corrected chi connectivity index (χ1v) is 5.61. The Kier molecular flexibility index (Phi) is 3.24. The molecule has 0 spiro atoms. The van der Waals surface area contributed by atoms with E-state index >= 15 is 0 Å². The summed E-state index contributed by atoms with van der Waals surface area (Å²) >= 11 is 0. The van der Waals surface area contributed by atoms with Crippen LogP contribution in [0.25, 0.3) is 11.1 Å². The molecule has 0 saturated heterocycles. The van der Waals surface area contributed by atoms with Crippen LogP contribution >= 0.6 is 0 Å². The summed E-state index contributed by atoms with van der Waals surface area (Å²) in [6, 6.07) is 14.7. The molecule has 2 aromatic carbocycles. The molecule has 17 heavy (non-hydrogen) atoms. The molecule has 0 aliphatic carbocycles. The molecule has 0 aliphatic heterocycles. The Morgan fingerprint density at radius 3 is 2.41 bits per heavy atom. The lowest BCUT2D eigenvalue weighted by Gasteiger charge is -2.06. The van der Waals surface area contributed by atoms with Gasteiger partial charge in [-0.05, 0) is 47.7 Å². The molecule has 0 amide bonds. The summed E-state index contributed by atoms with van der Waals surface area (Å²) in [7, 11) is 0. The molecule has 2 nitrogen and oxygen atoms in total. The highest BCUT2D eigenvalue weighted by Crippen LogP contribution is 2.22. The van der Waals surface area contributed by atoms with Crippen molar-refractivity contribution in [3.05, 3.63) is 59.2 Å². The normalized spacial score (nSPS) is 10.9. The fraction of sp³-hybridized carbons (Fsp3) is 0.133. The summed E-state index contributed by atoms with van der Waals surface area (Å²) in [5.74, 6) is 5.16. The molecule has 2 aromatic rings. The van der Waals surface area contributed by atoms with Crippen LogP contribution in [-0.4, -0.2) is 6.21 Å². The highest BCUT2D eigenvalue weighted by molar-refractivity contribution is 5.82. The van der Waals surface area contributed by atoms with Crippen LogP contribution in [0, 0.1) is 13.8 Å². The number of hydrogen-bond donors (Lipinski definition) is 1. The topological polar surface area (TPSA) is 38.4 Å². The Bertz CT molecular complexity index is 557. The predicted octanol–water partition coefficient (Wildman–Crippen LogP) is 3.26. The zero-order valence-electron chi connectivity index (χ0n) is 10.1. The lowest BCUT2D eigenvalue weighted by atomic mass is 9.99. The van der Waals surface area contributed by atoms with E-state index in [1.165, 1.54) is 22.3 Å². The van der Waals surface area contributed by atoms with E-state index in [2.05, 4.69) is 49.3 Å². The van der Waals surface area contributed by atoms with Gasteiger partial charge in [-0.2, -0.15) is 5.10 Å². The summed E-state index contributed by atoms with van der Waals surface area (Å²) in [6.07, 6.45) is 1.66. The number of nitrogens with zero attached hydrogens (tertiary/aromatic N) is 1. The van der Waals surface area contributed by atoms with Crippen molar-refractivity contribution >= 4 is 6.21 Å². The Morgan fingerprint density at radius 1 is 0.941 bits per heavy atom. The molecule has 0 saturated carbocycles. The Labute approximate surface area is 102 Å². The first kappa shape index (κ1) is 11.4. The maximum absolute atomic E-state index is 5.16. The van der Waals surface area contributed by atoms with Gasteiger partial charge in [0.2, 0.25) is 0 Å². The smallest absolute Gasteiger partial charge is 0.0538 e. The van der Waals surface area contributed by atoms with Crippen LogP contribution < -0.4 is 5.84 Å².